The van der Waals surface area contributed by atoms with Crippen molar-refractivity contribution in [2.24, 2.45) is 0 Å². The third kappa shape index (κ3) is 3.23. The molecule has 19 heavy (non-hydrogen) atoms. The molecule has 0 atom stereocenters. The molecule has 0 spiro atoms. The van der Waals surface area contributed by atoms with Gasteiger partial charge in [-0.25, -0.2) is 0 Å². The largest absolute Gasteiger partial charge is 0.378 e. The molecule has 1 aromatic carbocycles. The van der Waals surface area contributed by atoms with Gasteiger partial charge in [-0.15, -0.1) is 0 Å². The third-order valence-electron chi connectivity index (χ3n) is 2.85. The summed E-state index contributed by atoms with van der Waals surface area (Å²) in [6.07, 6.45) is 0. The van der Waals surface area contributed by atoms with E-state index in [1.54, 1.807) is 0 Å². The summed E-state index contributed by atoms with van der Waals surface area (Å²) in [6.45, 7) is 5.68. The molecule has 0 aliphatic carbocycles. The topological polar surface area (TPSA) is 29.9 Å². The van der Waals surface area contributed by atoms with Crippen molar-refractivity contribution in [2.45, 2.75) is 26.9 Å². The van der Waals surface area contributed by atoms with E-state index < -0.39 is 0 Å². The summed E-state index contributed by atoms with van der Waals surface area (Å²) >= 11 is 10.7. The van der Waals surface area contributed by atoms with E-state index in [1.807, 2.05) is 29.8 Å². The fraction of sp³-hybridized carbons (Fsp3) is 0.308. The summed E-state index contributed by atoms with van der Waals surface area (Å²) in [5.74, 6) is 0. The van der Waals surface area contributed by atoms with E-state index >= 15 is 0 Å². The highest BCUT2D eigenvalue weighted by Crippen LogP contribution is 2.31. The Hall–Kier alpha value is -0.330. The minimum atomic E-state index is 0.719. The average molecular weight is 452 g/mol. The van der Waals surface area contributed by atoms with Crippen LogP contribution in [0, 0.1) is 6.92 Å². The van der Waals surface area contributed by atoms with Crippen LogP contribution >= 0.6 is 47.8 Å². The van der Waals surface area contributed by atoms with Gasteiger partial charge in [0.2, 0.25) is 0 Å². The second-order valence-corrected chi connectivity index (χ2v) is 6.61. The molecule has 0 amide bonds. The number of hydrogen-bond acceptors (Lipinski definition) is 2. The quantitative estimate of drug-likeness (QED) is 0.700. The molecule has 2 aromatic rings. The maximum atomic E-state index is 4.49. The van der Waals surface area contributed by atoms with E-state index in [4.69, 9.17) is 0 Å². The van der Waals surface area contributed by atoms with Crippen LogP contribution in [-0.4, -0.2) is 9.78 Å². The molecule has 1 N–H and O–H groups in total. The molecule has 102 valence electrons. The summed E-state index contributed by atoms with van der Waals surface area (Å²) in [4.78, 5) is 0. The summed E-state index contributed by atoms with van der Waals surface area (Å²) in [5, 5.41) is 7.93. The highest BCUT2D eigenvalue weighted by molar-refractivity contribution is 9.11. The Morgan fingerprint density at radius 2 is 1.84 bits per heavy atom. The monoisotopic (exact) mass is 449 g/mol. The molecule has 0 aliphatic rings. The van der Waals surface area contributed by atoms with Crippen molar-refractivity contribution < 1.29 is 0 Å². The summed E-state index contributed by atoms with van der Waals surface area (Å²) < 4.78 is 5.16. The SMILES string of the molecule is CCn1nc(C)c(Br)c1CNc1c(Br)cccc1Br. The smallest absolute Gasteiger partial charge is 0.0739 e. The number of para-hydroxylation sites is 1. The molecule has 0 saturated carbocycles. The van der Waals surface area contributed by atoms with Crippen LogP contribution in [-0.2, 0) is 13.1 Å². The average Bonchev–Trinajstić information content (AvgIpc) is 2.65. The van der Waals surface area contributed by atoms with Crippen LogP contribution < -0.4 is 5.32 Å². The van der Waals surface area contributed by atoms with E-state index in [0.29, 0.717) is 0 Å². The summed E-state index contributed by atoms with van der Waals surface area (Å²) in [7, 11) is 0. The standard InChI is InChI=1S/C13H14Br3N3/c1-3-19-11(12(16)8(2)18-19)7-17-13-9(14)5-4-6-10(13)15/h4-6,17H,3,7H2,1-2H3. The zero-order valence-electron chi connectivity index (χ0n) is 10.7. The van der Waals surface area contributed by atoms with Crippen LogP contribution in [0.1, 0.15) is 18.3 Å². The minimum Gasteiger partial charge on any atom is -0.378 e. The molecule has 6 heteroatoms. The van der Waals surface area contributed by atoms with Gasteiger partial charge < -0.3 is 5.32 Å². The van der Waals surface area contributed by atoms with Crippen LogP contribution in [0.2, 0.25) is 0 Å². The van der Waals surface area contributed by atoms with Crippen molar-refractivity contribution in [2.75, 3.05) is 5.32 Å². The number of aromatic nitrogens is 2. The Morgan fingerprint density at radius 3 is 2.42 bits per heavy atom. The molecule has 0 saturated heterocycles. The van der Waals surface area contributed by atoms with Crippen molar-refractivity contribution in [3.05, 3.63) is 43.0 Å². The van der Waals surface area contributed by atoms with Crippen LogP contribution in [0.15, 0.2) is 31.6 Å². The van der Waals surface area contributed by atoms with Crippen LogP contribution in [0.3, 0.4) is 0 Å². The lowest BCUT2D eigenvalue weighted by Gasteiger charge is -2.12. The van der Waals surface area contributed by atoms with E-state index in [2.05, 4.69) is 65.1 Å². The molecule has 1 aromatic heterocycles. The van der Waals surface area contributed by atoms with Gasteiger partial charge in [0.05, 0.1) is 28.1 Å². The van der Waals surface area contributed by atoms with E-state index in [1.165, 1.54) is 0 Å². The Kier molecular flexibility index (Phi) is 5.09. The first-order chi connectivity index (χ1) is 9.04. The first kappa shape index (κ1) is 15.1. The van der Waals surface area contributed by atoms with Gasteiger partial charge in [0.25, 0.3) is 0 Å². The molecular weight excluding hydrogens is 438 g/mol. The number of rotatable bonds is 4. The van der Waals surface area contributed by atoms with Gasteiger partial charge in [-0.1, -0.05) is 6.07 Å². The zero-order valence-corrected chi connectivity index (χ0v) is 15.4. The van der Waals surface area contributed by atoms with Crippen LogP contribution in [0.4, 0.5) is 5.69 Å². The van der Waals surface area contributed by atoms with Gasteiger partial charge in [-0.3, -0.25) is 4.68 Å². The maximum absolute atomic E-state index is 4.49. The van der Waals surface area contributed by atoms with Crippen molar-refractivity contribution >= 4 is 53.5 Å². The molecule has 0 unspecified atom stereocenters. The lowest BCUT2D eigenvalue weighted by atomic mass is 10.3. The lowest BCUT2D eigenvalue weighted by molar-refractivity contribution is 0.622. The first-order valence-electron chi connectivity index (χ1n) is 5.94. The second-order valence-electron chi connectivity index (χ2n) is 4.11. The lowest BCUT2D eigenvalue weighted by Crippen LogP contribution is -2.09. The molecule has 2 rings (SSSR count). The molecule has 1 heterocycles. The number of nitrogens with one attached hydrogen (secondary N) is 1. The van der Waals surface area contributed by atoms with E-state index in [-0.39, 0.29) is 0 Å². The molecule has 3 nitrogen and oxygen atoms in total. The van der Waals surface area contributed by atoms with Gasteiger partial charge in [0.1, 0.15) is 0 Å². The van der Waals surface area contributed by atoms with Gasteiger partial charge in [0.15, 0.2) is 0 Å². The van der Waals surface area contributed by atoms with Gasteiger partial charge in [-0.05, 0) is 73.8 Å². The normalized spacial score (nSPS) is 10.8. The van der Waals surface area contributed by atoms with E-state index in [9.17, 15) is 0 Å². The number of nitrogens with zero attached hydrogens (tertiary/aromatic N) is 2. The Morgan fingerprint density at radius 1 is 1.21 bits per heavy atom. The predicted molar refractivity (Wildman–Crippen MR) is 89.5 cm³/mol. The molecule has 0 fully saturated rings. The highest BCUT2D eigenvalue weighted by atomic mass is 79.9. The van der Waals surface area contributed by atoms with Crippen molar-refractivity contribution in [1.82, 2.24) is 9.78 Å². The van der Waals surface area contributed by atoms with Crippen LogP contribution in [0.5, 0.6) is 0 Å². The Balaban J connectivity index is 2.24. The molecule has 0 bridgehead atoms. The van der Waals surface area contributed by atoms with Crippen molar-refractivity contribution in [3.8, 4) is 0 Å². The number of hydrogen-bond donors (Lipinski definition) is 1. The van der Waals surface area contributed by atoms with Crippen molar-refractivity contribution in [1.29, 1.82) is 0 Å². The molecule has 0 radical (unpaired) electrons. The number of aryl methyl sites for hydroxylation is 2. The van der Waals surface area contributed by atoms with Gasteiger partial charge in [0, 0.05) is 15.5 Å². The summed E-state index contributed by atoms with van der Waals surface area (Å²) in [6, 6.07) is 6.03. The molecule has 0 aliphatic heterocycles. The minimum absolute atomic E-state index is 0.719. The maximum Gasteiger partial charge on any atom is 0.0739 e. The fourth-order valence-corrected chi connectivity index (χ4v) is 3.58. The second kappa shape index (κ2) is 6.41. The number of anilines is 1. The van der Waals surface area contributed by atoms with Crippen LogP contribution in [0.25, 0.3) is 0 Å². The summed E-state index contributed by atoms with van der Waals surface area (Å²) in [5.41, 5.74) is 3.23. The Labute approximate surface area is 138 Å². The van der Waals surface area contributed by atoms with Gasteiger partial charge >= 0.3 is 0 Å². The highest BCUT2D eigenvalue weighted by Gasteiger charge is 2.13. The number of benzene rings is 1. The van der Waals surface area contributed by atoms with Gasteiger partial charge in [-0.2, -0.15) is 5.10 Å². The predicted octanol–water partition coefficient (Wildman–Crippen LogP) is 5.11. The molecular formula is C13H14Br3N3. The van der Waals surface area contributed by atoms with Crippen molar-refractivity contribution in [3.63, 3.8) is 0 Å². The fourth-order valence-electron chi connectivity index (χ4n) is 1.88. The number of halogens is 3. The Bertz CT molecular complexity index is 573. The zero-order chi connectivity index (χ0) is 14.0. The first-order valence-corrected chi connectivity index (χ1v) is 8.32. The third-order valence-corrected chi connectivity index (χ3v) is 5.20. The van der Waals surface area contributed by atoms with E-state index in [0.717, 1.165) is 43.6 Å².